The van der Waals surface area contributed by atoms with Gasteiger partial charge >= 0.3 is 0 Å². The molecule has 1 aromatic carbocycles. The molecule has 0 spiro atoms. The zero-order chi connectivity index (χ0) is 9.90. The lowest BCUT2D eigenvalue weighted by atomic mass is 10.2. The molecule has 5 heteroatoms. The van der Waals surface area contributed by atoms with Gasteiger partial charge in [0.15, 0.2) is 0 Å². The van der Waals surface area contributed by atoms with Crippen molar-refractivity contribution in [1.29, 1.82) is 0 Å². The van der Waals surface area contributed by atoms with Crippen LogP contribution in [0.25, 0.3) is 0 Å². The number of halogens is 1. The summed E-state index contributed by atoms with van der Waals surface area (Å²) in [4.78, 5) is 0. The van der Waals surface area contributed by atoms with Crippen LogP contribution in [0.4, 0.5) is 0 Å². The molecule has 0 fully saturated rings. The molecule has 0 aliphatic heterocycles. The lowest BCUT2D eigenvalue weighted by Crippen LogP contribution is -2.04. The third kappa shape index (κ3) is 2.99. The van der Waals surface area contributed by atoms with E-state index in [-0.39, 0.29) is 5.75 Å². The predicted molar refractivity (Wildman–Crippen MR) is 49.5 cm³/mol. The van der Waals surface area contributed by atoms with Gasteiger partial charge in [0.1, 0.15) is 12.9 Å². The maximum absolute atomic E-state index is 10.9. The van der Waals surface area contributed by atoms with E-state index in [1.165, 1.54) is 0 Å². The zero-order valence-electron chi connectivity index (χ0n) is 6.60. The first kappa shape index (κ1) is 10.5. The Labute approximate surface area is 82.4 Å². The molecule has 0 aliphatic rings. The SMILES string of the molecule is [CH]OS(=O)(=O)Cc1ccccc1Cl. The summed E-state index contributed by atoms with van der Waals surface area (Å²) >= 11 is 5.73. The van der Waals surface area contributed by atoms with E-state index in [1.807, 2.05) is 0 Å². The van der Waals surface area contributed by atoms with Crippen molar-refractivity contribution >= 4 is 21.7 Å². The fraction of sp³-hybridized carbons (Fsp3) is 0.125. The van der Waals surface area contributed by atoms with E-state index in [0.717, 1.165) is 0 Å². The highest BCUT2D eigenvalue weighted by molar-refractivity contribution is 7.85. The van der Waals surface area contributed by atoms with Gasteiger partial charge in [-0.3, -0.25) is 4.18 Å². The van der Waals surface area contributed by atoms with E-state index in [0.29, 0.717) is 10.6 Å². The van der Waals surface area contributed by atoms with Crippen molar-refractivity contribution in [1.82, 2.24) is 0 Å². The van der Waals surface area contributed by atoms with Crippen LogP contribution >= 0.6 is 11.6 Å². The van der Waals surface area contributed by atoms with Gasteiger partial charge in [0.25, 0.3) is 10.1 Å². The van der Waals surface area contributed by atoms with E-state index in [1.54, 1.807) is 24.3 Å². The first-order chi connectivity index (χ1) is 6.05. The summed E-state index contributed by atoms with van der Waals surface area (Å²) in [6, 6.07) is 6.59. The number of benzene rings is 1. The molecule has 1 aromatic rings. The number of rotatable bonds is 3. The number of hydrogen-bond acceptors (Lipinski definition) is 3. The third-order valence-electron chi connectivity index (χ3n) is 1.44. The highest BCUT2D eigenvalue weighted by Crippen LogP contribution is 2.17. The number of hydrogen-bond donors (Lipinski definition) is 0. The standard InChI is InChI=1S/C8H7ClO3S/c1-12-13(10,11)6-7-4-2-3-5-8(7)9/h1-5H,6H2. The third-order valence-corrected chi connectivity index (χ3v) is 2.76. The van der Waals surface area contributed by atoms with Crippen molar-refractivity contribution in [3.05, 3.63) is 42.0 Å². The largest absolute Gasteiger partial charge is 0.272 e. The molecule has 2 radical (unpaired) electrons. The van der Waals surface area contributed by atoms with Crippen LogP contribution < -0.4 is 0 Å². The summed E-state index contributed by atoms with van der Waals surface area (Å²) < 4.78 is 25.6. The topological polar surface area (TPSA) is 43.4 Å². The first-order valence-electron chi connectivity index (χ1n) is 3.39. The maximum Gasteiger partial charge on any atom is 0.272 e. The van der Waals surface area contributed by atoms with Crippen LogP contribution in [0.1, 0.15) is 5.56 Å². The van der Waals surface area contributed by atoms with Crippen LogP contribution in [0.15, 0.2) is 24.3 Å². The van der Waals surface area contributed by atoms with Gasteiger partial charge < -0.3 is 0 Å². The van der Waals surface area contributed by atoms with Gasteiger partial charge in [-0.25, -0.2) is 0 Å². The van der Waals surface area contributed by atoms with E-state index in [4.69, 9.17) is 11.6 Å². The average molecular weight is 219 g/mol. The molecule has 0 amide bonds. The van der Waals surface area contributed by atoms with Gasteiger partial charge in [-0.1, -0.05) is 29.8 Å². The normalized spacial score (nSPS) is 11.5. The molecule has 0 aromatic heterocycles. The second-order valence-electron chi connectivity index (χ2n) is 2.39. The predicted octanol–water partition coefficient (Wildman–Crippen LogP) is 1.85. The van der Waals surface area contributed by atoms with Gasteiger partial charge in [-0.05, 0) is 11.6 Å². The Balaban J connectivity index is 2.93. The Morgan fingerprint density at radius 3 is 2.54 bits per heavy atom. The van der Waals surface area contributed by atoms with Crippen molar-refractivity contribution in [2.45, 2.75) is 5.75 Å². The lowest BCUT2D eigenvalue weighted by molar-refractivity contribution is 0.437. The Hall–Kier alpha value is -0.580. The van der Waals surface area contributed by atoms with Crippen LogP contribution in [0.3, 0.4) is 0 Å². The molecule has 0 saturated carbocycles. The summed E-state index contributed by atoms with van der Waals surface area (Å²) in [5, 5.41) is 0.378. The van der Waals surface area contributed by atoms with Gasteiger partial charge in [0.05, 0.1) is 0 Å². The molecule has 0 heterocycles. The quantitative estimate of drug-likeness (QED) is 0.728. The molecule has 0 unspecified atom stereocenters. The summed E-state index contributed by atoms with van der Waals surface area (Å²) in [6.45, 7) is 0. The van der Waals surface area contributed by atoms with Crippen molar-refractivity contribution in [3.63, 3.8) is 0 Å². The molecule has 3 nitrogen and oxygen atoms in total. The Kier molecular flexibility index (Phi) is 3.30. The molecule has 70 valence electrons. The molecule has 13 heavy (non-hydrogen) atoms. The molecule has 1 rings (SSSR count). The van der Waals surface area contributed by atoms with Crippen molar-refractivity contribution in [2.24, 2.45) is 0 Å². The smallest absolute Gasteiger partial charge is 0.261 e. The zero-order valence-corrected chi connectivity index (χ0v) is 8.18. The van der Waals surface area contributed by atoms with Crippen LogP contribution in [-0.4, -0.2) is 8.42 Å². The highest BCUT2D eigenvalue weighted by Gasteiger charge is 2.12. The van der Waals surface area contributed by atoms with Crippen molar-refractivity contribution in [2.75, 3.05) is 0 Å². The van der Waals surface area contributed by atoms with Gasteiger partial charge in [0.2, 0.25) is 0 Å². The minimum atomic E-state index is -3.70. The molecule has 0 N–H and O–H groups in total. The van der Waals surface area contributed by atoms with Crippen LogP contribution in [-0.2, 0) is 20.1 Å². The minimum Gasteiger partial charge on any atom is -0.261 e. The van der Waals surface area contributed by atoms with Crippen molar-refractivity contribution < 1.29 is 12.6 Å². The molecule has 0 saturated heterocycles. The Bertz CT molecular complexity index is 386. The second kappa shape index (κ2) is 4.09. The van der Waals surface area contributed by atoms with Crippen molar-refractivity contribution in [3.8, 4) is 0 Å². The van der Waals surface area contributed by atoms with Gasteiger partial charge in [-0.2, -0.15) is 8.42 Å². The van der Waals surface area contributed by atoms with Gasteiger partial charge in [-0.15, -0.1) is 0 Å². The van der Waals surface area contributed by atoms with E-state index < -0.39 is 10.1 Å². The fourth-order valence-electron chi connectivity index (χ4n) is 0.840. The molecule has 0 atom stereocenters. The van der Waals surface area contributed by atoms with E-state index in [2.05, 4.69) is 11.3 Å². The second-order valence-corrected chi connectivity index (χ2v) is 4.39. The van der Waals surface area contributed by atoms with E-state index in [9.17, 15) is 8.42 Å². The fourth-order valence-corrected chi connectivity index (χ4v) is 1.82. The summed E-state index contributed by atoms with van der Waals surface area (Å²) in [7, 11) is 0.871. The van der Waals surface area contributed by atoms with Gasteiger partial charge in [0, 0.05) is 5.02 Å². The minimum absolute atomic E-state index is 0.316. The molecule has 0 aliphatic carbocycles. The Morgan fingerprint density at radius 2 is 2.00 bits per heavy atom. The van der Waals surface area contributed by atoms with E-state index >= 15 is 0 Å². The summed E-state index contributed by atoms with van der Waals surface area (Å²) in [5.74, 6) is -0.316. The average Bonchev–Trinajstić information content (AvgIpc) is 2.09. The molecular formula is C8H7ClO3S. The highest BCUT2D eigenvalue weighted by atomic mass is 35.5. The first-order valence-corrected chi connectivity index (χ1v) is 5.35. The molecule has 0 bridgehead atoms. The lowest BCUT2D eigenvalue weighted by Gasteiger charge is -2.02. The van der Waals surface area contributed by atoms with Crippen LogP contribution in [0.5, 0.6) is 0 Å². The monoisotopic (exact) mass is 218 g/mol. The van der Waals surface area contributed by atoms with Crippen LogP contribution in [0.2, 0.25) is 5.02 Å². The maximum atomic E-state index is 10.9. The Morgan fingerprint density at radius 1 is 1.38 bits per heavy atom. The molecular weight excluding hydrogens is 212 g/mol. The summed E-state index contributed by atoms with van der Waals surface area (Å²) in [6.07, 6.45) is 0. The summed E-state index contributed by atoms with van der Waals surface area (Å²) in [5.41, 5.74) is 0.467. The van der Waals surface area contributed by atoms with Crippen LogP contribution in [0, 0.1) is 7.11 Å².